The van der Waals surface area contributed by atoms with Crippen molar-refractivity contribution in [3.8, 4) is 22.8 Å². The molecule has 1 aliphatic heterocycles. The molecule has 0 spiro atoms. The molecular weight excluding hydrogens is 426 g/mol. The number of nitrogens with one attached hydrogen (secondary N) is 1. The van der Waals surface area contributed by atoms with Crippen molar-refractivity contribution in [2.24, 2.45) is 11.8 Å². The molecule has 1 saturated heterocycles. The molecule has 2 aromatic heterocycles. The van der Waals surface area contributed by atoms with E-state index in [0.29, 0.717) is 17.6 Å². The van der Waals surface area contributed by atoms with Crippen LogP contribution in [-0.2, 0) is 4.79 Å². The molecular formula is C27H33N5O2. The van der Waals surface area contributed by atoms with Gasteiger partial charge in [-0.05, 0) is 56.7 Å². The quantitative estimate of drug-likeness (QED) is 0.557. The molecule has 3 heterocycles. The van der Waals surface area contributed by atoms with E-state index in [1.54, 1.807) is 6.20 Å². The fraction of sp³-hybridized carbons (Fsp3) is 0.481. The van der Waals surface area contributed by atoms with Crippen molar-refractivity contribution in [2.45, 2.75) is 51.9 Å². The van der Waals surface area contributed by atoms with Crippen molar-refractivity contribution in [1.29, 1.82) is 0 Å². The Morgan fingerprint density at radius 3 is 2.71 bits per heavy atom. The number of aromatic nitrogens is 3. The van der Waals surface area contributed by atoms with Gasteiger partial charge in [0.15, 0.2) is 0 Å². The lowest BCUT2D eigenvalue weighted by Gasteiger charge is -2.33. The molecule has 0 unspecified atom stereocenters. The lowest BCUT2D eigenvalue weighted by molar-refractivity contribution is -0.125. The number of aryl methyl sites for hydroxylation is 1. The van der Waals surface area contributed by atoms with Gasteiger partial charge in [-0.2, -0.15) is 4.98 Å². The van der Waals surface area contributed by atoms with Crippen molar-refractivity contribution in [2.75, 3.05) is 24.5 Å². The van der Waals surface area contributed by atoms with E-state index in [4.69, 9.17) is 4.52 Å². The van der Waals surface area contributed by atoms with Crippen LogP contribution in [0.1, 0.15) is 50.5 Å². The molecule has 3 aromatic rings. The highest BCUT2D eigenvalue weighted by Crippen LogP contribution is 2.32. The Morgan fingerprint density at radius 2 is 1.91 bits per heavy atom. The molecule has 0 bridgehead atoms. The van der Waals surface area contributed by atoms with Gasteiger partial charge in [-0.25, -0.2) is 4.98 Å². The fourth-order valence-corrected chi connectivity index (χ4v) is 5.18. The van der Waals surface area contributed by atoms with Gasteiger partial charge in [-0.1, -0.05) is 48.2 Å². The van der Waals surface area contributed by atoms with Crippen LogP contribution in [0.2, 0.25) is 0 Å². The second-order valence-corrected chi connectivity index (χ2v) is 9.68. The Kier molecular flexibility index (Phi) is 6.88. The summed E-state index contributed by atoms with van der Waals surface area (Å²) in [7, 11) is 0. The van der Waals surface area contributed by atoms with Crippen LogP contribution in [0.25, 0.3) is 22.8 Å². The zero-order valence-electron chi connectivity index (χ0n) is 19.9. The van der Waals surface area contributed by atoms with Gasteiger partial charge in [0.2, 0.25) is 11.7 Å². The molecule has 0 atom stereocenters. The molecule has 7 heteroatoms. The summed E-state index contributed by atoms with van der Waals surface area (Å²) >= 11 is 0. The van der Waals surface area contributed by atoms with Crippen LogP contribution in [0.3, 0.4) is 0 Å². The predicted molar refractivity (Wildman–Crippen MR) is 132 cm³/mol. The fourth-order valence-electron chi connectivity index (χ4n) is 5.18. The molecule has 5 rings (SSSR count). The first kappa shape index (κ1) is 22.6. The lowest BCUT2D eigenvalue weighted by atomic mass is 9.89. The van der Waals surface area contributed by atoms with Crippen LogP contribution in [0.4, 0.5) is 5.82 Å². The summed E-state index contributed by atoms with van der Waals surface area (Å²) in [5.74, 6) is 2.82. The van der Waals surface area contributed by atoms with Crippen molar-refractivity contribution < 1.29 is 9.32 Å². The maximum Gasteiger partial charge on any atom is 0.261 e. The molecule has 1 amide bonds. The summed E-state index contributed by atoms with van der Waals surface area (Å²) in [6, 6.07) is 11.9. The minimum Gasteiger partial charge on any atom is -0.356 e. The van der Waals surface area contributed by atoms with Crippen LogP contribution in [-0.4, -0.2) is 40.7 Å². The molecule has 1 saturated carbocycles. The number of piperidine rings is 1. The molecule has 34 heavy (non-hydrogen) atoms. The molecule has 1 aliphatic carbocycles. The zero-order valence-corrected chi connectivity index (χ0v) is 19.9. The summed E-state index contributed by atoms with van der Waals surface area (Å²) in [4.78, 5) is 24.3. The Labute approximate surface area is 201 Å². The van der Waals surface area contributed by atoms with Crippen molar-refractivity contribution in [3.63, 3.8) is 0 Å². The molecule has 178 valence electrons. The van der Waals surface area contributed by atoms with Crippen LogP contribution in [0.15, 0.2) is 47.1 Å². The van der Waals surface area contributed by atoms with Crippen molar-refractivity contribution >= 4 is 11.7 Å². The smallest absolute Gasteiger partial charge is 0.261 e. The molecule has 2 aliphatic rings. The first-order chi connectivity index (χ1) is 16.7. The van der Waals surface area contributed by atoms with Gasteiger partial charge in [0, 0.05) is 37.3 Å². The molecule has 2 fully saturated rings. The van der Waals surface area contributed by atoms with Crippen LogP contribution >= 0.6 is 0 Å². The number of benzene rings is 1. The topological polar surface area (TPSA) is 84.2 Å². The summed E-state index contributed by atoms with van der Waals surface area (Å²) in [6.07, 6.45) is 9.89. The number of amides is 1. The van der Waals surface area contributed by atoms with Gasteiger partial charge in [-0.3, -0.25) is 4.79 Å². The number of rotatable bonds is 6. The minimum atomic E-state index is 0.0725. The number of anilines is 1. The Balaban J connectivity index is 1.23. The predicted octanol–water partition coefficient (Wildman–Crippen LogP) is 5.02. The number of carbonyl (C=O) groups is 1. The monoisotopic (exact) mass is 459 g/mol. The van der Waals surface area contributed by atoms with Gasteiger partial charge in [0.05, 0.1) is 5.56 Å². The third-order valence-electron chi connectivity index (χ3n) is 7.17. The zero-order chi connectivity index (χ0) is 23.3. The summed E-state index contributed by atoms with van der Waals surface area (Å²) < 4.78 is 5.63. The second kappa shape index (κ2) is 10.4. The largest absolute Gasteiger partial charge is 0.356 e. The maximum atomic E-state index is 12.8. The maximum absolute atomic E-state index is 12.8. The van der Waals surface area contributed by atoms with Crippen LogP contribution < -0.4 is 10.2 Å². The van der Waals surface area contributed by atoms with Gasteiger partial charge < -0.3 is 14.7 Å². The first-order valence-electron chi connectivity index (χ1n) is 12.6. The number of carbonyl (C=O) groups excluding carboxylic acids is 1. The van der Waals surface area contributed by atoms with E-state index >= 15 is 0 Å². The van der Waals surface area contributed by atoms with Gasteiger partial charge in [-0.15, -0.1) is 0 Å². The average Bonchev–Trinajstić information content (AvgIpc) is 3.38. The van der Waals surface area contributed by atoms with E-state index in [-0.39, 0.29) is 11.8 Å². The number of nitrogens with zero attached hydrogens (tertiary/aromatic N) is 4. The number of hydrogen-bond donors (Lipinski definition) is 1. The highest BCUT2D eigenvalue weighted by molar-refractivity contribution is 5.79. The van der Waals surface area contributed by atoms with Gasteiger partial charge >= 0.3 is 0 Å². The molecule has 1 aromatic carbocycles. The summed E-state index contributed by atoms with van der Waals surface area (Å²) in [6.45, 7) is 4.45. The van der Waals surface area contributed by atoms with E-state index in [1.165, 1.54) is 32.1 Å². The third-order valence-corrected chi connectivity index (χ3v) is 7.17. The van der Waals surface area contributed by atoms with Crippen LogP contribution in [0, 0.1) is 18.8 Å². The van der Waals surface area contributed by atoms with Crippen LogP contribution in [0.5, 0.6) is 0 Å². The van der Waals surface area contributed by atoms with E-state index in [2.05, 4.69) is 25.3 Å². The Morgan fingerprint density at radius 1 is 1.09 bits per heavy atom. The van der Waals surface area contributed by atoms with Crippen molar-refractivity contribution in [3.05, 3.63) is 48.2 Å². The SMILES string of the molecule is Cc1cccc(-c2noc(-c3cccnc3N3CCC(C(=O)NCC4CCCCC4)CC3)n2)c1. The minimum absolute atomic E-state index is 0.0725. The standard InChI is InChI=1S/C27H33N5O2/c1-19-7-5-10-22(17-19)24-30-27(34-31-24)23-11-6-14-28-25(23)32-15-12-21(13-16-32)26(33)29-18-20-8-3-2-4-9-20/h5-7,10-11,14,17,20-21H,2-4,8-9,12-13,15-16,18H2,1H3,(H,29,33). The highest BCUT2D eigenvalue weighted by atomic mass is 16.5. The normalized spacial score (nSPS) is 17.6. The van der Waals surface area contributed by atoms with E-state index in [1.807, 2.05) is 43.3 Å². The summed E-state index contributed by atoms with van der Waals surface area (Å²) in [5.41, 5.74) is 2.91. The molecule has 0 radical (unpaired) electrons. The molecule has 7 nitrogen and oxygen atoms in total. The third kappa shape index (κ3) is 5.13. The Hall–Kier alpha value is -3.22. The number of hydrogen-bond acceptors (Lipinski definition) is 6. The lowest BCUT2D eigenvalue weighted by Crippen LogP contribution is -2.42. The van der Waals surface area contributed by atoms with E-state index in [0.717, 1.165) is 55.0 Å². The van der Waals surface area contributed by atoms with E-state index in [9.17, 15) is 4.79 Å². The van der Waals surface area contributed by atoms with Gasteiger partial charge in [0.1, 0.15) is 5.82 Å². The second-order valence-electron chi connectivity index (χ2n) is 9.68. The van der Waals surface area contributed by atoms with Gasteiger partial charge in [0.25, 0.3) is 5.89 Å². The number of pyridine rings is 1. The van der Waals surface area contributed by atoms with Crippen molar-refractivity contribution in [1.82, 2.24) is 20.4 Å². The first-order valence-corrected chi connectivity index (χ1v) is 12.6. The molecule has 1 N–H and O–H groups in total. The summed E-state index contributed by atoms with van der Waals surface area (Å²) in [5, 5.41) is 7.43. The Bertz CT molecular complexity index is 1110. The highest BCUT2D eigenvalue weighted by Gasteiger charge is 2.28. The van der Waals surface area contributed by atoms with E-state index < -0.39 is 0 Å². The average molecular weight is 460 g/mol.